The number of aromatic nitrogens is 2. The van der Waals surface area contributed by atoms with Crippen LogP contribution in [0.15, 0.2) is 36.4 Å². The quantitative estimate of drug-likeness (QED) is 0.409. The molecule has 2 atom stereocenters. The average molecular weight is 418 g/mol. The first kappa shape index (κ1) is 20.8. The number of anilines is 2. The smallest absolute Gasteiger partial charge is 0.232 e. The molecule has 2 aromatic rings. The molecule has 3 rings (SSSR count). The van der Waals surface area contributed by atoms with Crippen LogP contribution in [0.1, 0.15) is 32.3 Å². The lowest BCUT2D eigenvalue weighted by Gasteiger charge is -2.35. The molecule has 28 heavy (non-hydrogen) atoms. The summed E-state index contributed by atoms with van der Waals surface area (Å²) in [6, 6.07) is 12.3. The highest BCUT2D eigenvalue weighted by atomic mass is 35.5. The molecule has 2 heterocycles. The summed E-state index contributed by atoms with van der Waals surface area (Å²) in [5.74, 6) is 2.57. The number of halogens is 1. The Morgan fingerprint density at radius 3 is 2.61 bits per heavy atom. The number of aryl methyl sites for hydroxylation is 1. The Hall–Kier alpha value is -1.92. The summed E-state index contributed by atoms with van der Waals surface area (Å²) >= 11 is 11.6. The van der Waals surface area contributed by atoms with Crippen LogP contribution in [0.3, 0.4) is 0 Å². The molecule has 0 aliphatic carbocycles. The first-order valence-corrected chi connectivity index (χ1v) is 10.7. The van der Waals surface area contributed by atoms with Crippen molar-refractivity contribution in [3.63, 3.8) is 0 Å². The van der Waals surface area contributed by atoms with Crippen LogP contribution in [0.4, 0.5) is 11.8 Å². The molecule has 1 fully saturated rings. The van der Waals surface area contributed by atoms with Gasteiger partial charge in [0.25, 0.3) is 0 Å². The highest BCUT2D eigenvalue weighted by Gasteiger charge is 2.23. The van der Waals surface area contributed by atoms with Crippen molar-refractivity contribution < 1.29 is 0 Å². The lowest BCUT2D eigenvalue weighted by Crippen LogP contribution is -2.39. The molecule has 1 aromatic carbocycles. The summed E-state index contributed by atoms with van der Waals surface area (Å²) in [4.78, 5) is 11.2. The van der Waals surface area contributed by atoms with Crippen LogP contribution in [0.25, 0.3) is 0 Å². The lowest BCUT2D eigenvalue weighted by atomic mass is 9.92. The van der Waals surface area contributed by atoms with E-state index in [0.29, 0.717) is 28.0 Å². The third kappa shape index (κ3) is 6.31. The van der Waals surface area contributed by atoms with Gasteiger partial charge < -0.3 is 15.5 Å². The molecule has 1 aliphatic rings. The number of rotatable bonds is 6. The molecule has 5 nitrogen and oxygen atoms in total. The number of piperidine rings is 1. The maximum absolute atomic E-state index is 6.24. The number of nitrogens with zero attached hydrogens (tertiary/aromatic N) is 3. The minimum atomic E-state index is 0.422. The zero-order valence-corrected chi connectivity index (χ0v) is 18.1. The van der Waals surface area contributed by atoms with E-state index in [4.69, 9.17) is 23.8 Å². The van der Waals surface area contributed by atoms with E-state index < -0.39 is 0 Å². The predicted octanol–water partition coefficient (Wildman–Crippen LogP) is 4.53. The van der Waals surface area contributed by atoms with Crippen molar-refractivity contribution in [3.05, 3.63) is 47.1 Å². The lowest BCUT2D eigenvalue weighted by molar-refractivity contribution is 0.355. The van der Waals surface area contributed by atoms with Gasteiger partial charge in [-0.1, -0.05) is 55.8 Å². The van der Waals surface area contributed by atoms with E-state index in [1.54, 1.807) is 0 Å². The molecule has 1 aromatic heterocycles. The second-order valence-electron chi connectivity index (χ2n) is 7.69. The van der Waals surface area contributed by atoms with Crippen LogP contribution in [0.5, 0.6) is 0 Å². The van der Waals surface area contributed by atoms with E-state index in [1.165, 1.54) is 12.0 Å². The minimum absolute atomic E-state index is 0.422. The van der Waals surface area contributed by atoms with Gasteiger partial charge in [0, 0.05) is 25.7 Å². The topological polar surface area (TPSA) is 53.1 Å². The van der Waals surface area contributed by atoms with Gasteiger partial charge in [0.2, 0.25) is 5.95 Å². The van der Waals surface area contributed by atoms with Gasteiger partial charge in [-0.05, 0) is 48.9 Å². The van der Waals surface area contributed by atoms with Gasteiger partial charge in [0.1, 0.15) is 11.0 Å². The fourth-order valence-electron chi connectivity index (χ4n) is 3.76. The van der Waals surface area contributed by atoms with Crippen LogP contribution in [-0.4, -0.2) is 34.7 Å². The molecular weight excluding hydrogens is 390 g/mol. The van der Waals surface area contributed by atoms with Gasteiger partial charge in [0.05, 0.1) is 0 Å². The van der Waals surface area contributed by atoms with Gasteiger partial charge in [0.15, 0.2) is 5.11 Å². The molecule has 1 saturated heterocycles. The number of nitrogens with one attached hydrogen (secondary N) is 2. The SMILES string of the molecule is C[C@H]1C[C@H](C)CN(c2cc(Cl)nc(NC(=S)NCCCc3ccccc3)n2)C1. The standard InChI is InChI=1S/C21H28ClN5S/c1-15-11-16(2)14-27(13-15)19-12-18(22)24-20(25-19)26-21(28)23-10-6-9-17-7-4-3-5-8-17/h3-5,7-8,12,15-16H,6,9-11,13-14H2,1-2H3,(H2,23,24,25,26,28)/t15-,16-/m0/s1. The Bertz CT molecular complexity index is 776. The third-order valence-electron chi connectivity index (χ3n) is 4.87. The molecule has 1 aliphatic heterocycles. The normalized spacial score (nSPS) is 19.3. The van der Waals surface area contributed by atoms with Gasteiger partial charge >= 0.3 is 0 Å². The molecule has 0 amide bonds. The molecule has 0 radical (unpaired) electrons. The van der Waals surface area contributed by atoms with Crippen LogP contribution >= 0.6 is 23.8 Å². The first-order valence-electron chi connectivity index (χ1n) is 9.88. The zero-order valence-electron chi connectivity index (χ0n) is 16.5. The Balaban J connectivity index is 1.52. The Morgan fingerprint density at radius 2 is 1.89 bits per heavy atom. The highest BCUT2D eigenvalue weighted by molar-refractivity contribution is 7.80. The molecule has 0 bridgehead atoms. The van der Waals surface area contributed by atoms with Crippen molar-refractivity contribution >= 4 is 40.7 Å². The zero-order chi connectivity index (χ0) is 19.9. The van der Waals surface area contributed by atoms with Crippen LogP contribution < -0.4 is 15.5 Å². The molecule has 0 spiro atoms. The van der Waals surface area contributed by atoms with Gasteiger partial charge in [-0.25, -0.2) is 4.98 Å². The Morgan fingerprint density at radius 1 is 1.18 bits per heavy atom. The number of thiocarbonyl (C=S) groups is 1. The molecule has 2 N–H and O–H groups in total. The van der Waals surface area contributed by atoms with Gasteiger partial charge in [-0.15, -0.1) is 0 Å². The van der Waals surface area contributed by atoms with E-state index in [-0.39, 0.29) is 0 Å². The summed E-state index contributed by atoms with van der Waals surface area (Å²) in [6.07, 6.45) is 3.26. The maximum atomic E-state index is 6.24. The molecule has 0 unspecified atom stereocenters. The van der Waals surface area contributed by atoms with E-state index in [2.05, 4.69) is 63.6 Å². The van der Waals surface area contributed by atoms with Crippen molar-refractivity contribution in [1.29, 1.82) is 0 Å². The van der Waals surface area contributed by atoms with Gasteiger partial charge in [-0.3, -0.25) is 0 Å². The van der Waals surface area contributed by atoms with Crippen molar-refractivity contribution in [3.8, 4) is 0 Å². The largest absolute Gasteiger partial charge is 0.362 e. The Kier molecular flexibility index (Phi) is 7.45. The fourth-order valence-corrected chi connectivity index (χ4v) is 4.13. The van der Waals surface area contributed by atoms with E-state index in [1.807, 2.05) is 12.1 Å². The predicted molar refractivity (Wildman–Crippen MR) is 121 cm³/mol. The van der Waals surface area contributed by atoms with E-state index in [9.17, 15) is 0 Å². The van der Waals surface area contributed by atoms with E-state index in [0.717, 1.165) is 38.3 Å². The van der Waals surface area contributed by atoms with Crippen molar-refractivity contribution in [2.75, 3.05) is 29.9 Å². The number of benzene rings is 1. The second kappa shape index (κ2) is 10.0. The molecular formula is C21H28ClN5S. The Labute approximate surface area is 177 Å². The van der Waals surface area contributed by atoms with Crippen LogP contribution in [0, 0.1) is 11.8 Å². The van der Waals surface area contributed by atoms with Gasteiger partial charge in [-0.2, -0.15) is 4.98 Å². The molecule has 7 heteroatoms. The maximum Gasteiger partial charge on any atom is 0.232 e. The number of hydrogen-bond acceptors (Lipinski definition) is 4. The third-order valence-corrected chi connectivity index (χ3v) is 5.31. The molecule has 0 saturated carbocycles. The summed E-state index contributed by atoms with van der Waals surface area (Å²) in [5.41, 5.74) is 1.33. The van der Waals surface area contributed by atoms with Crippen LogP contribution in [0.2, 0.25) is 5.15 Å². The van der Waals surface area contributed by atoms with Crippen molar-refractivity contribution in [1.82, 2.24) is 15.3 Å². The second-order valence-corrected chi connectivity index (χ2v) is 8.49. The average Bonchev–Trinajstić information content (AvgIpc) is 2.65. The van der Waals surface area contributed by atoms with E-state index >= 15 is 0 Å². The van der Waals surface area contributed by atoms with Crippen molar-refractivity contribution in [2.45, 2.75) is 33.1 Å². The monoisotopic (exact) mass is 417 g/mol. The fraction of sp³-hybridized carbons (Fsp3) is 0.476. The summed E-state index contributed by atoms with van der Waals surface area (Å²) in [7, 11) is 0. The number of hydrogen-bond donors (Lipinski definition) is 2. The summed E-state index contributed by atoms with van der Waals surface area (Å²) in [6.45, 7) is 7.31. The van der Waals surface area contributed by atoms with Crippen LogP contribution in [-0.2, 0) is 6.42 Å². The summed E-state index contributed by atoms with van der Waals surface area (Å²) < 4.78 is 0. The minimum Gasteiger partial charge on any atom is -0.362 e. The highest BCUT2D eigenvalue weighted by Crippen LogP contribution is 2.27. The first-order chi connectivity index (χ1) is 13.5. The summed E-state index contributed by atoms with van der Waals surface area (Å²) in [5, 5.41) is 7.22. The molecule has 150 valence electrons. The van der Waals surface area contributed by atoms with Crippen molar-refractivity contribution in [2.24, 2.45) is 11.8 Å².